The molecule has 4 aromatic carbocycles. The summed E-state index contributed by atoms with van der Waals surface area (Å²) in [5.74, 6) is -2.72. The Morgan fingerprint density at radius 3 is 2.13 bits per heavy atom. The van der Waals surface area contributed by atoms with Crippen LogP contribution in [0.2, 0.25) is 0 Å². The number of fused-ring (bicyclic) bond motifs is 3. The maximum atomic E-state index is 14.3. The zero-order valence-electron chi connectivity index (χ0n) is 31.0. The lowest BCUT2D eigenvalue weighted by Gasteiger charge is -2.40. The van der Waals surface area contributed by atoms with E-state index < -0.39 is 59.2 Å². The van der Waals surface area contributed by atoms with Gasteiger partial charge in [-0.1, -0.05) is 72.8 Å². The van der Waals surface area contributed by atoms with Gasteiger partial charge in [-0.15, -0.1) is 0 Å². The van der Waals surface area contributed by atoms with Crippen molar-refractivity contribution in [1.82, 2.24) is 15.8 Å². The Morgan fingerprint density at radius 1 is 0.870 bits per heavy atom. The van der Waals surface area contributed by atoms with Crippen molar-refractivity contribution in [3.63, 3.8) is 0 Å². The van der Waals surface area contributed by atoms with E-state index in [-0.39, 0.29) is 23.7 Å². The molecule has 13 nitrogen and oxygen atoms in total. The van der Waals surface area contributed by atoms with Crippen LogP contribution < -0.4 is 29.8 Å². The van der Waals surface area contributed by atoms with Crippen molar-refractivity contribution >= 4 is 17.9 Å². The molecule has 6 rings (SSSR count). The minimum Gasteiger partial charge on any atom is -0.497 e. The molecule has 1 saturated carbocycles. The summed E-state index contributed by atoms with van der Waals surface area (Å²) < 4.78 is 29.7. The zero-order chi connectivity index (χ0) is 38.8. The van der Waals surface area contributed by atoms with Gasteiger partial charge in [-0.2, -0.15) is 0 Å². The van der Waals surface area contributed by atoms with Crippen molar-refractivity contribution in [3.8, 4) is 23.0 Å². The molecule has 4 aromatic rings. The number of aliphatic hydroxyl groups is 2. The molecule has 0 saturated heterocycles. The molecule has 0 radical (unpaired) electrons. The number of benzene rings is 4. The highest BCUT2D eigenvalue weighted by atomic mass is 16.6. The molecule has 0 unspecified atom stereocenters. The van der Waals surface area contributed by atoms with E-state index in [0.29, 0.717) is 22.6 Å². The highest BCUT2D eigenvalue weighted by Gasteiger charge is 2.78. The van der Waals surface area contributed by atoms with Crippen molar-refractivity contribution in [3.05, 3.63) is 119 Å². The van der Waals surface area contributed by atoms with Gasteiger partial charge in [0.2, 0.25) is 5.91 Å². The number of hydrazine groups is 1. The number of aliphatic hydroxyl groups excluding tert-OH is 1. The SMILES string of the molecule is COc1ccc([C@@]23Oc4cc(OCc5ccccc5)cc(OC)c4[C@]2(O)[C@H](O)[C@H](C(=O)NNC(=O)CN(C)C(=O)OC(C)(C)C)[C@H]3c2ccccc2)cc1. The fourth-order valence-corrected chi connectivity index (χ4v) is 7.38. The van der Waals surface area contributed by atoms with Crippen LogP contribution >= 0.6 is 0 Å². The molecule has 1 fully saturated rings. The quantitative estimate of drug-likeness (QED) is 0.170. The molecule has 284 valence electrons. The van der Waals surface area contributed by atoms with Crippen LogP contribution in [0, 0.1) is 5.92 Å². The van der Waals surface area contributed by atoms with Gasteiger partial charge in [-0.3, -0.25) is 20.4 Å². The Balaban J connectivity index is 1.41. The highest BCUT2D eigenvalue weighted by Crippen LogP contribution is 2.70. The maximum absolute atomic E-state index is 14.3. The fraction of sp³-hybridized carbons (Fsp3) is 0.341. The Morgan fingerprint density at radius 2 is 1.52 bits per heavy atom. The van der Waals surface area contributed by atoms with Crippen LogP contribution in [0.15, 0.2) is 97.1 Å². The molecule has 54 heavy (non-hydrogen) atoms. The number of ether oxygens (including phenoxy) is 5. The van der Waals surface area contributed by atoms with Crippen molar-refractivity contribution in [2.45, 2.75) is 56.2 Å². The highest BCUT2D eigenvalue weighted by molar-refractivity contribution is 5.87. The molecule has 1 heterocycles. The lowest BCUT2D eigenvalue weighted by Crippen LogP contribution is -2.52. The molecule has 1 aliphatic carbocycles. The van der Waals surface area contributed by atoms with Gasteiger partial charge in [0.1, 0.15) is 47.9 Å². The number of nitrogens with one attached hydrogen (secondary N) is 2. The molecular weight excluding hydrogens is 694 g/mol. The van der Waals surface area contributed by atoms with Gasteiger partial charge in [0.15, 0.2) is 11.2 Å². The minimum absolute atomic E-state index is 0.125. The summed E-state index contributed by atoms with van der Waals surface area (Å²) in [6.07, 6.45) is -2.55. The van der Waals surface area contributed by atoms with Crippen LogP contribution in [0.25, 0.3) is 0 Å². The standard InChI is InChI=1S/C41H45N3O10/c1-39(2,3)54-38(48)44(4)23-32(45)42-43-37(47)33-34(26-15-11-8-12-16-26)41(27-17-19-28(50-5)20-18-27)40(49,36(33)46)35-30(51-6)21-29(22-31(35)53-41)52-24-25-13-9-7-10-14-25/h7-22,33-34,36,46,49H,23-24H2,1-6H3,(H,42,45)(H,43,47)/t33-,34-,36-,40+,41+/m1/s1. The number of rotatable bonds is 10. The monoisotopic (exact) mass is 739 g/mol. The summed E-state index contributed by atoms with van der Waals surface area (Å²) in [5, 5.41) is 25.7. The number of nitrogens with zero attached hydrogens (tertiary/aromatic N) is 1. The van der Waals surface area contributed by atoms with E-state index in [1.54, 1.807) is 87.5 Å². The van der Waals surface area contributed by atoms with E-state index in [1.807, 2.05) is 30.3 Å². The molecule has 0 bridgehead atoms. The van der Waals surface area contributed by atoms with Crippen molar-refractivity contribution in [2.75, 3.05) is 27.8 Å². The van der Waals surface area contributed by atoms with Crippen LogP contribution in [0.5, 0.6) is 23.0 Å². The second kappa shape index (κ2) is 14.9. The third-order valence-corrected chi connectivity index (χ3v) is 9.68. The lowest BCUT2D eigenvalue weighted by atomic mass is 9.70. The predicted molar refractivity (Wildman–Crippen MR) is 197 cm³/mol. The number of likely N-dealkylation sites (N-methyl/N-ethyl adjacent to an activating group) is 1. The van der Waals surface area contributed by atoms with Crippen LogP contribution in [0.1, 0.15) is 48.9 Å². The number of hydrogen-bond acceptors (Lipinski definition) is 10. The van der Waals surface area contributed by atoms with Gasteiger partial charge in [0, 0.05) is 25.1 Å². The van der Waals surface area contributed by atoms with Crippen molar-refractivity contribution < 1.29 is 48.3 Å². The van der Waals surface area contributed by atoms with Gasteiger partial charge >= 0.3 is 6.09 Å². The second-order valence-corrected chi connectivity index (χ2v) is 14.3. The molecule has 2 aliphatic rings. The van der Waals surface area contributed by atoms with E-state index >= 15 is 0 Å². The number of carbonyl (C=O) groups is 3. The smallest absolute Gasteiger partial charge is 0.410 e. The van der Waals surface area contributed by atoms with Crippen LogP contribution in [-0.4, -0.2) is 72.5 Å². The summed E-state index contributed by atoms with van der Waals surface area (Å²) in [7, 11) is 4.34. The third-order valence-electron chi connectivity index (χ3n) is 9.68. The van der Waals surface area contributed by atoms with E-state index in [0.717, 1.165) is 10.5 Å². The first-order chi connectivity index (χ1) is 25.7. The second-order valence-electron chi connectivity index (χ2n) is 14.3. The molecule has 13 heteroatoms. The molecular formula is C41H45N3O10. The first-order valence-corrected chi connectivity index (χ1v) is 17.4. The Bertz CT molecular complexity index is 1990. The Kier molecular flexibility index (Phi) is 10.5. The van der Waals surface area contributed by atoms with E-state index in [1.165, 1.54) is 21.3 Å². The first-order valence-electron chi connectivity index (χ1n) is 17.4. The van der Waals surface area contributed by atoms with Crippen molar-refractivity contribution in [1.29, 1.82) is 0 Å². The van der Waals surface area contributed by atoms with Crippen LogP contribution in [-0.2, 0) is 32.1 Å². The third kappa shape index (κ3) is 6.88. The van der Waals surface area contributed by atoms with Gasteiger partial charge in [-0.25, -0.2) is 4.79 Å². The molecule has 4 N–H and O–H groups in total. The number of carbonyl (C=O) groups excluding carboxylic acids is 3. The average molecular weight is 740 g/mol. The van der Waals surface area contributed by atoms with Crippen LogP contribution in [0.4, 0.5) is 4.79 Å². The Hall–Kier alpha value is -5.79. The maximum Gasteiger partial charge on any atom is 0.410 e. The summed E-state index contributed by atoms with van der Waals surface area (Å²) in [5.41, 5.74) is 1.90. The van der Waals surface area contributed by atoms with Crippen LogP contribution in [0.3, 0.4) is 0 Å². The lowest BCUT2D eigenvalue weighted by molar-refractivity contribution is -0.155. The number of hydrogen-bond donors (Lipinski definition) is 4. The summed E-state index contributed by atoms with van der Waals surface area (Å²) >= 11 is 0. The summed E-state index contributed by atoms with van der Waals surface area (Å²) in [4.78, 5) is 40.8. The molecule has 3 amide bonds. The van der Waals surface area contributed by atoms with Gasteiger partial charge < -0.3 is 38.8 Å². The summed E-state index contributed by atoms with van der Waals surface area (Å²) in [6.45, 7) is 4.91. The van der Waals surface area contributed by atoms with Gasteiger partial charge in [0.05, 0.1) is 25.7 Å². The van der Waals surface area contributed by atoms with Gasteiger partial charge in [-0.05, 0) is 49.6 Å². The first kappa shape index (κ1) is 38.0. The number of amides is 3. The van der Waals surface area contributed by atoms with E-state index in [2.05, 4.69) is 10.9 Å². The average Bonchev–Trinajstić information content (AvgIpc) is 3.54. The topological polar surface area (TPSA) is 165 Å². The predicted octanol–water partition coefficient (Wildman–Crippen LogP) is 4.55. The Labute approximate surface area is 313 Å². The molecule has 0 aromatic heterocycles. The normalized spacial score (nSPS) is 22.6. The molecule has 1 aliphatic heterocycles. The zero-order valence-corrected chi connectivity index (χ0v) is 31.0. The number of methoxy groups -OCH3 is 2. The van der Waals surface area contributed by atoms with E-state index in [4.69, 9.17) is 23.7 Å². The molecule has 0 spiro atoms. The summed E-state index contributed by atoms with van der Waals surface area (Å²) in [6, 6.07) is 28.6. The van der Waals surface area contributed by atoms with E-state index in [9.17, 15) is 24.6 Å². The minimum atomic E-state index is -2.30. The van der Waals surface area contributed by atoms with Gasteiger partial charge in [0.25, 0.3) is 5.91 Å². The largest absolute Gasteiger partial charge is 0.497 e. The van der Waals surface area contributed by atoms with Crippen molar-refractivity contribution in [2.24, 2.45) is 5.92 Å². The fourth-order valence-electron chi connectivity index (χ4n) is 7.38. The molecule has 5 atom stereocenters.